The monoisotopic (exact) mass is 375 g/mol. The fraction of sp³-hybridized carbons (Fsp3) is 0.526. The minimum atomic E-state index is 0.610. The number of aliphatic imine (C=N–C) groups is 1. The van der Waals surface area contributed by atoms with Crippen molar-refractivity contribution in [1.29, 1.82) is 0 Å². The molecular weight excluding hydrogens is 346 g/mol. The van der Waals surface area contributed by atoms with Gasteiger partial charge in [0.25, 0.3) is 0 Å². The van der Waals surface area contributed by atoms with Crippen LogP contribution in [0.3, 0.4) is 0 Å². The van der Waals surface area contributed by atoms with Crippen molar-refractivity contribution in [3.05, 3.63) is 41.0 Å². The third-order valence-corrected chi connectivity index (χ3v) is 3.84. The fourth-order valence-electron chi connectivity index (χ4n) is 2.46. The molecule has 8 heteroatoms. The van der Waals surface area contributed by atoms with Crippen LogP contribution >= 0.6 is 0 Å². The molecule has 0 fully saturated rings. The Kier molecular flexibility index (Phi) is 8.57. The van der Waals surface area contributed by atoms with Crippen LogP contribution in [0.25, 0.3) is 0 Å². The van der Waals surface area contributed by atoms with Gasteiger partial charge in [0.2, 0.25) is 5.89 Å². The highest BCUT2D eigenvalue weighted by molar-refractivity contribution is 5.79. The van der Waals surface area contributed by atoms with E-state index in [1.807, 2.05) is 0 Å². The predicted octanol–water partition coefficient (Wildman–Crippen LogP) is 2.01. The highest BCUT2D eigenvalue weighted by Gasteiger charge is 2.07. The number of ether oxygens (including phenoxy) is 2. The lowest BCUT2D eigenvalue weighted by atomic mass is 10.1. The highest BCUT2D eigenvalue weighted by Crippen LogP contribution is 2.20. The lowest BCUT2D eigenvalue weighted by Crippen LogP contribution is -2.38. The summed E-state index contributed by atoms with van der Waals surface area (Å²) in [5.74, 6) is 2.85. The maximum Gasteiger partial charge on any atom is 0.228 e. The summed E-state index contributed by atoms with van der Waals surface area (Å²) in [7, 11) is 3.43. The van der Waals surface area contributed by atoms with E-state index in [0.29, 0.717) is 50.4 Å². The second kappa shape index (κ2) is 11.2. The van der Waals surface area contributed by atoms with E-state index in [9.17, 15) is 0 Å². The number of guanidine groups is 1. The van der Waals surface area contributed by atoms with Crippen LogP contribution in [0.15, 0.2) is 27.7 Å². The van der Waals surface area contributed by atoms with Gasteiger partial charge in [0.1, 0.15) is 5.75 Å². The number of benzene rings is 1. The summed E-state index contributed by atoms with van der Waals surface area (Å²) in [6.45, 7) is 6.43. The Morgan fingerprint density at radius 2 is 2.07 bits per heavy atom. The molecule has 1 aromatic heterocycles. The second-order valence-corrected chi connectivity index (χ2v) is 6.14. The minimum Gasteiger partial charge on any atom is -0.493 e. The number of aryl methyl sites for hydroxylation is 2. The molecule has 0 unspecified atom stereocenters. The van der Waals surface area contributed by atoms with Crippen LogP contribution < -0.4 is 15.4 Å². The summed E-state index contributed by atoms with van der Waals surface area (Å²) in [5, 5.41) is 10.3. The van der Waals surface area contributed by atoms with E-state index in [2.05, 4.69) is 50.9 Å². The van der Waals surface area contributed by atoms with Gasteiger partial charge in [-0.25, -0.2) is 0 Å². The highest BCUT2D eigenvalue weighted by atomic mass is 16.5. The zero-order valence-electron chi connectivity index (χ0n) is 16.5. The molecular formula is C19H29N5O3. The summed E-state index contributed by atoms with van der Waals surface area (Å²) in [6, 6.07) is 6.20. The number of methoxy groups -OCH3 is 1. The van der Waals surface area contributed by atoms with Gasteiger partial charge in [-0.3, -0.25) is 4.99 Å². The number of hydrogen-bond donors (Lipinski definition) is 2. The number of nitrogens with zero attached hydrogens (tertiary/aromatic N) is 3. The molecule has 2 aromatic rings. The van der Waals surface area contributed by atoms with Crippen LogP contribution in [-0.4, -0.2) is 50.0 Å². The van der Waals surface area contributed by atoms with Gasteiger partial charge in [-0.2, -0.15) is 4.98 Å². The molecule has 0 amide bonds. The molecule has 8 nitrogen and oxygen atoms in total. The van der Waals surface area contributed by atoms with Gasteiger partial charge in [0, 0.05) is 52.3 Å². The second-order valence-electron chi connectivity index (χ2n) is 6.14. The molecule has 0 saturated heterocycles. The topological polar surface area (TPSA) is 93.8 Å². The Morgan fingerprint density at radius 1 is 1.22 bits per heavy atom. The molecule has 0 aliphatic heterocycles. The van der Waals surface area contributed by atoms with Crippen molar-refractivity contribution >= 4 is 5.96 Å². The molecule has 0 saturated carbocycles. The van der Waals surface area contributed by atoms with Crippen molar-refractivity contribution in [2.45, 2.75) is 33.2 Å². The van der Waals surface area contributed by atoms with E-state index in [1.54, 1.807) is 21.1 Å². The molecule has 1 heterocycles. The van der Waals surface area contributed by atoms with Gasteiger partial charge in [-0.1, -0.05) is 17.3 Å². The van der Waals surface area contributed by atoms with Crippen LogP contribution in [0.2, 0.25) is 0 Å². The molecule has 27 heavy (non-hydrogen) atoms. The van der Waals surface area contributed by atoms with Crippen molar-refractivity contribution in [2.75, 3.05) is 33.9 Å². The molecule has 0 atom stereocenters. The summed E-state index contributed by atoms with van der Waals surface area (Å²) in [6.07, 6.45) is 1.50. The van der Waals surface area contributed by atoms with Gasteiger partial charge in [-0.15, -0.1) is 0 Å². The lowest BCUT2D eigenvalue weighted by molar-refractivity contribution is 0.172. The van der Waals surface area contributed by atoms with Crippen molar-refractivity contribution in [1.82, 2.24) is 20.8 Å². The van der Waals surface area contributed by atoms with E-state index < -0.39 is 0 Å². The Morgan fingerprint density at radius 3 is 2.78 bits per heavy atom. The smallest absolute Gasteiger partial charge is 0.228 e. The Balaban J connectivity index is 1.83. The lowest BCUT2D eigenvalue weighted by Gasteiger charge is -2.15. The molecule has 148 valence electrons. The first kappa shape index (κ1) is 20.7. The summed E-state index contributed by atoms with van der Waals surface area (Å²) >= 11 is 0. The third kappa shape index (κ3) is 7.26. The molecule has 0 aliphatic rings. The maximum atomic E-state index is 5.92. The number of aromatic nitrogens is 2. The Hall–Kier alpha value is -2.61. The van der Waals surface area contributed by atoms with Crippen LogP contribution in [0, 0.1) is 13.8 Å². The van der Waals surface area contributed by atoms with Gasteiger partial charge >= 0.3 is 0 Å². The molecule has 0 radical (unpaired) electrons. The predicted molar refractivity (Wildman–Crippen MR) is 104 cm³/mol. The Bertz CT molecular complexity index is 730. The van der Waals surface area contributed by atoms with Crippen LogP contribution in [0.1, 0.15) is 29.3 Å². The normalized spacial score (nSPS) is 11.5. The first-order valence-electron chi connectivity index (χ1n) is 9.07. The first-order chi connectivity index (χ1) is 13.1. The SMILES string of the molecule is CN=C(NCCc1nc(C)no1)NCc1ccc(C)cc1OCCCOC. The fourth-order valence-corrected chi connectivity index (χ4v) is 2.46. The molecule has 2 rings (SSSR count). The van der Waals surface area contributed by atoms with Crippen LogP contribution in [-0.2, 0) is 17.7 Å². The average Bonchev–Trinajstić information content (AvgIpc) is 3.08. The number of nitrogens with one attached hydrogen (secondary N) is 2. The minimum absolute atomic E-state index is 0.610. The van der Waals surface area contributed by atoms with Crippen molar-refractivity contribution in [2.24, 2.45) is 4.99 Å². The third-order valence-electron chi connectivity index (χ3n) is 3.84. The summed E-state index contributed by atoms with van der Waals surface area (Å²) in [5.41, 5.74) is 2.24. The number of hydrogen-bond acceptors (Lipinski definition) is 6. The standard InChI is InChI=1S/C19H29N5O3/c1-14-6-7-16(17(12-14)26-11-5-10-25-4)13-22-19(20-3)21-9-8-18-23-15(2)24-27-18/h6-7,12H,5,8-11,13H2,1-4H3,(H2,20,21,22). The van der Waals surface area contributed by atoms with E-state index in [0.717, 1.165) is 23.3 Å². The maximum absolute atomic E-state index is 5.92. The largest absolute Gasteiger partial charge is 0.493 e. The van der Waals surface area contributed by atoms with Crippen molar-refractivity contribution < 1.29 is 14.0 Å². The van der Waals surface area contributed by atoms with E-state index in [1.165, 1.54) is 0 Å². The van der Waals surface area contributed by atoms with E-state index in [-0.39, 0.29) is 0 Å². The van der Waals surface area contributed by atoms with Crippen molar-refractivity contribution in [3.8, 4) is 5.75 Å². The summed E-state index contributed by atoms with van der Waals surface area (Å²) < 4.78 is 16.1. The van der Waals surface area contributed by atoms with Gasteiger partial charge in [0.05, 0.1) is 6.61 Å². The molecule has 1 aromatic carbocycles. The van der Waals surface area contributed by atoms with Crippen molar-refractivity contribution in [3.63, 3.8) is 0 Å². The first-order valence-corrected chi connectivity index (χ1v) is 9.07. The molecule has 0 spiro atoms. The quantitative estimate of drug-likeness (QED) is 0.373. The van der Waals surface area contributed by atoms with E-state index >= 15 is 0 Å². The van der Waals surface area contributed by atoms with E-state index in [4.69, 9.17) is 14.0 Å². The average molecular weight is 375 g/mol. The van der Waals surface area contributed by atoms with Gasteiger partial charge in [-0.05, 0) is 25.5 Å². The van der Waals surface area contributed by atoms with Crippen LogP contribution in [0.4, 0.5) is 0 Å². The number of rotatable bonds is 10. The molecule has 0 aliphatic carbocycles. The Labute approximate surface area is 160 Å². The zero-order chi connectivity index (χ0) is 19.5. The molecule has 2 N–H and O–H groups in total. The van der Waals surface area contributed by atoms with Crippen LogP contribution in [0.5, 0.6) is 5.75 Å². The summed E-state index contributed by atoms with van der Waals surface area (Å²) in [4.78, 5) is 8.43. The molecule has 0 bridgehead atoms. The van der Waals surface area contributed by atoms with Gasteiger partial charge in [0.15, 0.2) is 11.8 Å². The van der Waals surface area contributed by atoms with Gasteiger partial charge < -0.3 is 24.6 Å². The zero-order valence-corrected chi connectivity index (χ0v) is 16.5.